The molecule has 2 aromatic carbocycles. The SMILES string of the molecule is COc1cccc(N2C(=O)C(=O)/C(=C(\O)c3ccc(OC)cc3OC)C2c2ccco2)c1. The monoisotopic (exact) mass is 435 g/mol. The summed E-state index contributed by atoms with van der Waals surface area (Å²) in [6, 6.07) is 13.8. The highest BCUT2D eigenvalue weighted by Crippen LogP contribution is 2.44. The van der Waals surface area contributed by atoms with Gasteiger partial charge in [0.1, 0.15) is 34.8 Å². The fraction of sp³-hybridized carbons (Fsp3) is 0.167. The summed E-state index contributed by atoms with van der Waals surface area (Å²) in [6.45, 7) is 0. The topological polar surface area (TPSA) is 98.4 Å². The second kappa shape index (κ2) is 8.50. The number of ether oxygens (including phenoxy) is 3. The molecule has 1 aromatic heterocycles. The van der Waals surface area contributed by atoms with E-state index in [1.54, 1.807) is 54.6 Å². The Morgan fingerprint density at radius 1 is 0.938 bits per heavy atom. The number of aliphatic hydroxyl groups is 1. The van der Waals surface area contributed by atoms with Crippen LogP contribution in [0.5, 0.6) is 17.2 Å². The van der Waals surface area contributed by atoms with E-state index in [9.17, 15) is 14.7 Å². The minimum atomic E-state index is -0.982. The zero-order valence-electron chi connectivity index (χ0n) is 17.7. The molecule has 8 nitrogen and oxygen atoms in total. The molecule has 1 aliphatic heterocycles. The lowest BCUT2D eigenvalue weighted by Gasteiger charge is -2.23. The number of aliphatic hydroxyl groups excluding tert-OH is 1. The second-order valence-electron chi connectivity index (χ2n) is 6.95. The van der Waals surface area contributed by atoms with Crippen LogP contribution in [0.3, 0.4) is 0 Å². The predicted molar refractivity (Wildman–Crippen MR) is 116 cm³/mol. The zero-order valence-corrected chi connectivity index (χ0v) is 17.7. The average Bonchev–Trinajstić information content (AvgIpc) is 3.45. The first kappa shape index (κ1) is 21.0. The Balaban J connectivity index is 1.93. The lowest BCUT2D eigenvalue weighted by atomic mass is 9.98. The first-order chi connectivity index (χ1) is 15.5. The zero-order chi connectivity index (χ0) is 22.8. The summed E-state index contributed by atoms with van der Waals surface area (Å²) in [5.74, 6) is -0.390. The molecule has 32 heavy (non-hydrogen) atoms. The molecule has 1 fully saturated rings. The van der Waals surface area contributed by atoms with Crippen molar-refractivity contribution in [1.29, 1.82) is 0 Å². The van der Waals surface area contributed by atoms with Crippen molar-refractivity contribution in [2.75, 3.05) is 26.2 Å². The first-order valence-corrected chi connectivity index (χ1v) is 9.71. The maximum atomic E-state index is 13.1. The molecule has 1 atom stereocenters. The Morgan fingerprint density at radius 2 is 1.69 bits per heavy atom. The van der Waals surface area contributed by atoms with Gasteiger partial charge in [0.15, 0.2) is 0 Å². The summed E-state index contributed by atoms with van der Waals surface area (Å²) in [5, 5.41) is 11.2. The van der Waals surface area contributed by atoms with Crippen LogP contribution in [0, 0.1) is 0 Å². The molecule has 164 valence electrons. The van der Waals surface area contributed by atoms with Crippen molar-refractivity contribution in [1.82, 2.24) is 0 Å². The molecule has 1 N–H and O–H groups in total. The number of nitrogens with zero attached hydrogens (tertiary/aromatic N) is 1. The number of amides is 1. The first-order valence-electron chi connectivity index (χ1n) is 9.71. The lowest BCUT2D eigenvalue weighted by molar-refractivity contribution is -0.132. The van der Waals surface area contributed by atoms with E-state index < -0.39 is 17.7 Å². The quantitative estimate of drug-likeness (QED) is 0.356. The smallest absolute Gasteiger partial charge is 0.300 e. The largest absolute Gasteiger partial charge is 0.507 e. The van der Waals surface area contributed by atoms with Crippen molar-refractivity contribution >= 4 is 23.1 Å². The van der Waals surface area contributed by atoms with Gasteiger partial charge in [-0.1, -0.05) is 6.07 Å². The summed E-state index contributed by atoms with van der Waals surface area (Å²) in [4.78, 5) is 27.5. The number of hydrogen-bond acceptors (Lipinski definition) is 7. The van der Waals surface area contributed by atoms with E-state index in [0.29, 0.717) is 22.9 Å². The van der Waals surface area contributed by atoms with Crippen molar-refractivity contribution in [3.8, 4) is 17.2 Å². The van der Waals surface area contributed by atoms with Gasteiger partial charge in [0.05, 0.1) is 38.7 Å². The summed E-state index contributed by atoms with van der Waals surface area (Å²) in [6.07, 6.45) is 1.44. The van der Waals surface area contributed by atoms with E-state index >= 15 is 0 Å². The third kappa shape index (κ3) is 3.45. The highest BCUT2D eigenvalue weighted by atomic mass is 16.5. The Morgan fingerprint density at radius 3 is 2.34 bits per heavy atom. The van der Waals surface area contributed by atoms with Crippen LogP contribution in [-0.4, -0.2) is 38.1 Å². The van der Waals surface area contributed by atoms with E-state index in [1.807, 2.05) is 0 Å². The van der Waals surface area contributed by atoms with Gasteiger partial charge in [-0.15, -0.1) is 0 Å². The van der Waals surface area contributed by atoms with E-state index in [0.717, 1.165) is 0 Å². The van der Waals surface area contributed by atoms with Crippen molar-refractivity contribution in [2.45, 2.75) is 6.04 Å². The van der Waals surface area contributed by atoms with Crippen LogP contribution in [0.15, 0.2) is 70.9 Å². The van der Waals surface area contributed by atoms with E-state index in [1.165, 1.54) is 32.5 Å². The Labute approximate surface area is 184 Å². The number of furan rings is 1. The van der Waals surface area contributed by atoms with Gasteiger partial charge in [-0.05, 0) is 36.4 Å². The maximum Gasteiger partial charge on any atom is 0.300 e. The van der Waals surface area contributed by atoms with Crippen LogP contribution in [0.2, 0.25) is 0 Å². The molecule has 1 saturated heterocycles. The number of anilines is 1. The summed E-state index contributed by atoms with van der Waals surface area (Å²) < 4.78 is 21.4. The Bertz CT molecular complexity index is 1200. The van der Waals surface area contributed by atoms with Crippen LogP contribution in [-0.2, 0) is 9.59 Å². The van der Waals surface area contributed by atoms with E-state index in [2.05, 4.69) is 0 Å². The van der Waals surface area contributed by atoms with Gasteiger partial charge in [0.2, 0.25) is 0 Å². The predicted octanol–water partition coefficient (Wildman–Crippen LogP) is 3.93. The van der Waals surface area contributed by atoms with Crippen LogP contribution in [0.25, 0.3) is 5.76 Å². The number of rotatable bonds is 6. The Kier molecular flexibility index (Phi) is 5.59. The fourth-order valence-corrected chi connectivity index (χ4v) is 3.71. The highest BCUT2D eigenvalue weighted by molar-refractivity contribution is 6.51. The molecule has 0 spiro atoms. The molecule has 0 aliphatic carbocycles. The highest BCUT2D eigenvalue weighted by Gasteiger charge is 2.48. The molecule has 0 bridgehead atoms. The van der Waals surface area contributed by atoms with Gasteiger partial charge in [0, 0.05) is 17.8 Å². The van der Waals surface area contributed by atoms with Gasteiger partial charge in [0.25, 0.3) is 11.7 Å². The molecular formula is C24H21NO7. The van der Waals surface area contributed by atoms with Gasteiger partial charge >= 0.3 is 0 Å². The molecule has 4 rings (SSSR count). The maximum absolute atomic E-state index is 13.1. The van der Waals surface area contributed by atoms with Gasteiger partial charge in [-0.3, -0.25) is 14.5 Å². The minimum Gasteiger partial charge on any atom is -0.507 e. The molecule has 0 saturated carbocycles. The normalized spacial score (nSPS) is 17.5. The number of carbonyl (C=O) groups excluding carboxylic acids is 2. The number of Topliss-reactive ketones (excluding diaryl/α,β-unsaturated/α-hetero) is 1. The Hall–Kier alpha value is -4.20. The number of hydrogen-bond donors (Lipinski definition) is 1. The molecule has 1 amide bonds. The molecular weight excluding hydrogens is 414 g/mol. The van der Waals surface area contributed by atoms with Crippen molar-refractivity contribution in [2.24, 2.45) is 0 Å². The van der Waals surface area contributed by atoms with Crippen molar-refractivity contribution in [3.63, 3.8) is 0 Å². The van der Waals surface area contributed by atoms with Crippen molar-refractivity contribution < 1.29 is 33.3 Å². The second-order valence-corrected chi connectivity index (χ2v) is 6.95. The third-order valence-electron chi connectivity index (χ3n) is 5.25. The molecule has 2 heterocycles. The summed E-state index contributed by atoms with van der Waals surface area (Å²) in [7, 11) is 4.45. The fourth-order valence-electron chi connectivity index (χ4n) is 3.71. The summed E-state index contributed by atoms with van der Waals surface area (Å²) >= 11 is 0. The van der Waals surface area contributed by atoms with Crippen LogP contribution in [0.4, 0.5) is 5.69 Å². The number of benzene rings is 2. The van der Waals surface area contributed by atoms with Gasteiger partial charge < -0.3 is 23.7 Å². The lowest BCUT2D eigenvalue weighted by Crippen LogP contribution is -2.29. The number of carbonyl (C=O) groups is 2. The van der Waals surface area contributed by atoms with Gasteiger partial charge in [-0.25, -0.2) is 0 Å². The minimum absolute atomic E-state index is 0.115. The number of methoxy groups -OCH3 is 3. The standard InChI is InChI=1S/C24H21NO7/c1-29-15-7-4-6-14(12-15)25-21(18-8-5-11-32-18)20(23(27)24(25)28)22(26)17-10-9-16(30-2)13-19(17)31-3/h4-13,21,26H,1-3H3/b22-20-. The molecule has 0 radical (unpaired) electrons. The average molecular weight is 435 g/mol. The van der Waals surface area contributed by atoms with Crippen LogP contribution >= 0.6 is 0 Å². The van der Waals surface area contributed by atoms with E-state index in [-0.39, 0.29) is 22.6 Å². The molecule has 1 unspecified atom stereocenters. The third-order valence-corrected chi connectivity index (χ3v) is 5.25. The van der Waals surface area contributed by atoms with Crippen molar-refractivity contribution in [3.05, 3.63) is 77.8 Å². The van der Waals surface area contributed by atoms with Crippen LogP contribution in [0.1, 0.15) is 17.4 Å². The van der Waals surface area contributed by atoms with Gasteiger partial charge in [-0.2, -0.15) is 0 Å². The number of ketones is 1. The summed E-state index contributed by atoms with van der Waals surface area (Å²) in [5.41, 5.74) is 0.554. The van der Waals surface area contributed by atoms with Crippen LogP contribution < -0.4 is 19.1 Å². The molecule has 8 heteroatoms. The molecule has 1 aliphatic rings. The molecule has 3 aromatic rings. The van der Waals surface area contributed by atoms with E-state index in [4.69, 9.17) is 18.6 Å².